The molecule has 2 N–H and O–H groups in total. The highest BCUT2D eigenvalue weighted by Gasteiger charge is 2.17. The van der Waals surface area contributed by atoms with Crippen molar-refractivity contribution in [1.82, 2.24) is 15.6 Å². The minimum absolute atomic E-state index is 0.0323. The molecule has 1 aromatic carbocycles. The number of nitrogens with zero attached hydrogens (tertiary/aromatic N) is 1. The maximum atomic E-state index is 11.9. The number of aromatic nitrogens is 1. The van der Waals surface area contributed by atoms with Crippen molar-refractivity contribution in [2.75, 3.05) is 7.05 Å². The Morgan fingerprint density at radius 2 is 1.71 bits per heavy atom. The second kappa shape index (κ2) is 14.5. The number of rotatable bonds is 8. The summed E-state index contributed by atoms with van der Waals surface area (Å²) in [7, 11) is 1.56. The van der Waals surface area contributed by atoms with E-state index >= 15 is 0 Å². The van der Waals surface area contributed by atoms with Gasteiger partial charge in [-0.25, -0.2) is 4.98 Å². The van der Waals surface area contributed by atoms with Gasteiger partial charge in [-0.15, -0.1) is 11.3 Å². The van der Waals surface area contributed by atoms with Crippen LogP contribution in [0.2, 0.25) is 0 Å². The predicted octanol–water partition coefficient (Wildman–Crippen LogP) is 3.91. The van der Waals surface area contributed by atoms with E-state index in [-0.39, 0.29) is 17.7 Å². The molecule has 0 bridgehead atoms. The first kappa shape index (κ1) is 25.5. The number of carbonyl (C=O) groups excluding carboxylic acids is 3. The van der Waals surface area contributed by atoms with E-state index < -0.39 is 0 Å². The second-order valence-corrected chi connectivity index (χ2v) is 6.81. The zero-order valence-corrected chi connectivity index (χ0v) is 18.3. The fraction of sp³-hybridized carbons (Fsp3) is 0.429. The molecule has 1 atom stereocenters. The Labute approximate surface area is 171 Å². The number of benzene rings is 1. The number of Topliss-reactive ketones (excluding diaryl/α,β-unsaturated/α-hetero) is 1. The molecule has 0 radical (unpaired) electrons. The van der Waals surface area contributed by atoms with Crippen LogP contribution in [-0.4, -0.2) is 30.6 Å². The number of carbonyl (C=O) groups is 3. The van der Waals surface area contributed by atoms with Crippen LogP contribution in [0.25, 0.3) is 10.4 Å². The van der Waals surface area contributed by atoms with Crippen molar-refractivity contribution in [2.45, 2.75) is 47.1 Å². The molecule has 1 heterocycles. The Morgan fingerprint density at radius 1 is 1.14 bits per heavy atom. The lowest BCUT2D eigenvalue weighted by atomic mass is 9.95. The lowest BCUT2D eigenvalue weighted by molar-refractivity contribution is -0.122. The highest BCUT2D eigenvalue weighted by Crippen LogP contribution is 2.29. The number of hydrogen-bond donors (Lipinski definition) is 2. The summed E-state index contributed by atoms with van der Waals surface area (Å²) >= 11 is 1.60. The molecule has 7 heteroatoms. The first-order valence-corrected chi connectivity index (χ1v) is 10.2. The first-order chi connectivity index (χ1) is 13.4. The summed E-state index contributed by atoms with van der Waals surface area (Å²) in [5.41, 5.74) is 4.88. The summed E-state index contributed by atoms with van der Waals surface area (Å²) in [6.07, 6.45) is 1.59. The molecule has 2 amide bonds. The minimum Gasteiger partial charge on any atom is -0.362 e. The highest BCUT2D eigenvalue weighted by molar-refractivity contribution is 7.13. The Hall–Kier alpha value is -2.54. The van der Waals surface area contributed by atoms with Gasteiger partial charge < -0.3 is 10.6 Å². The lowest BCUT2D eigenvalue weighted by Gasteiger charge is -2.17. The van der Waals surface area contributed by atoms with Gasteiger partial charge in [0.2, 0.25) is 12.8 Å². The van der Waals surface area contributed by atoms with Gasteiger partial charge in [0.15, 0.2) is 0 Å². The van der Waals surface area contributed by atoms with Crippen LogP contribution < -0.4 is 10.6 Å². The van der Waals surface area contributed by atoms with Crippen molar-refractivity contribution < 1.29 is 14.4 Å². The molecule has 0 saturated heterocycles. The smallest absolute Gasteiger partial charge is 0.207 e. The van der Waals surface area contributed by atoms with E-state index in [1.807, 2.05) is 64.4 Å². The van der Waals surface area contributed by atoms with Gasteiger partial charge in [0.05, 0.1) is 22.1 Å². The Kier molecular flexibility index (Phi) is 13.2. The van der Waals surface area contributed by atoms with Gasteiger partial charge in [-0.1, -0.05) is 52.0 Å². The normalized spacial score (nSPS) is 10.5. The number of ketones is 1. The number of thiazole rings is 1. The lowest BCUT2D eigenvalue weighted by Crippen LogP contribution is -2.24. The third-order valence-electron chi connectivity index (χ3n) is 3.76. The zero-order valence-electron chi connectivity index (χ0n) is 17.5. The zero-order chi connectivity index (χ0) is 21.5. The van der Waals surface area contributed by atoms with E-state index in [9.17, 15) is 9.59 Å². The van der Waals surface area contributed by atoms with Gasteiger partial charge in [0.25, 0.3) is 0 Å². The Bertz CT molecular complexity index is 712. The number of aryl methyl sites for hydroxylation is 1. The summed E-state index contributed by atoms with van der Waals surface area (Å²) in [5, 5.41) is 4.99. The van der Waals surface area contributed by atoms with Crippen molar-refractivity contribution in [1.29, 1.82) is 0 Å². The molecule has 0 aliphatic heterocycles. The second-order valence-electron chi connectivity index (χ2n) is 5.96. The molecule has 1 aromatic heterocycles. The fourth-order valence-electron chi connectivity index (χ4n) is 2.24. The molecule has 0 fully saturated rings. The van der Waals surface area contributed by atoms with Crippen LogP contribution in [0.15, 0.2) is 29.8 Å². The molecule has 2 aromatic rings. The molecule has 2 rings (SSSR count). The van der Waals surface area contributed by atoms with Crippen molar-refractivity contribution in [2.24, 2.45) is 5.92 Å². The van der Waals surface area contributed by atoms with Gasteiger partial charge in [0, 0.05) is 19.4 Å². The Morgan fingerprint density at radius 3 is 2.11 bits per heavy atom. The summed E-state index contributed by atoms with van der Waals surface area (Å²) in [4.78, 5) is 37.2. The van der Waals surface area contributed by atoms with Gasteiger partial charge in [0.1, 0.15) is 5.78 Å². The molecule has 6 nitrogen and oxygen atoms in total. The van der Waals surface area contributed by atoms with Crippen LogP contribution in [0, 0.1) is 12.8 Å². The summed E-state index contributed by atoms with van der Waals surface area (Å²) in [6, 6.07) is 7.67. The highest BCUT2D eigenvalue weighted by atomic mass is 32.1. The molecule has 0 aliphatic carbocycles. The van der Waals surface area contributed by atoms with E-state index in [2.05, 4.69) is 15.6 Å². The number of nitrogens with one attached hydrogen (secondary N) is 2. The standard InChI is InChI=1S/C17H20N2O2S.C2H5NO.C2H6/c1-11(2)16(21)8-15(18-9-20)13-4-6-14(7-5-13)17-12(3)19-10-22-17;1-3-2-4;1-2/h4-7,9-11,15H,8H2,1-3H3,(H,18,20);2H,1H3,(H,3,4);1-2H3. The number of amides is 2. The molecule has 0 aliphatic rings. The van der Waals surface area contributed by atoms with Gasteiger partial charge >= 0.3 is 0 Å². The molecule has 0 spiro atoms. The third kappa shape index (κ3) is 8.43. The largest absolute Gasteiger partial charge is 0.362 e. The Balaban J connectivity index is 0.00000108. The van der Waals surface area contributed by atoms with Crippen LogP contribution in [0.3, 0.4) is 0 Å². The van der Waals surface area contributed by atoms with Gasteiger partial charge in [-0.2, -0.15) is 0 Å². The summed E-state index contributed by atoms with van der Waals surface area (Å²) in [6.45, 7) is 9.73. The SMILES string of the molecule is CC.CNC=O.Cc1ncsc1-c1ccc(C(CC(=O)C(C)C)NC=O)cc1. The molecule has 28 heavy (non-hydrogen) atoms. The van der Waals surface area contributed by atoms with E-state index in [4.69, 9.17) is 4.79 Å². The molecule has 0 saturated carbocycles. The quantitative estimate of drug-likeness (QED) is 0.652. The summed E-state index contributed by atoms with van der Waals surface area (Å²) in [5.74, 6) is 0.108. The predicted molar refractivity (Wildman–Crippen MR) is 115 cm³/mol. The van der Waals surface area contributed by atoms with Crippen molar-refractivity contribution in [3.05, 3.63) is 41.0 Å². The molecular weight excluding hydrogens is 374 g/mol. The fourth-order valence-corrected chi connectivity index (χ4v) is 3.05. The number of hydrogen-bond acceptors (Lipinski definition) is 5. The van der Waals surface area contributed by atoms with Gasteiger partial charge in [-0.05, 0) is 18.1 Å². The maximum absolute atomic E-state index is 11.9. The third-order valence-corrected chi connectivity index (χ3v) is 4.73. The van der Waals surface area contributed by atoms with Crippen molar-refractivity contribution in [3.63, 3.8) is 0 Å². The van der Waals surface area contributed by atoms with E-state index in [0.29, 0.717) is 19.2 Å². The van der Waals surface area contributed by atoms with Crippen LogP contribution >= 0.6 is 11.3 Å². The van der Waals surface area contributed by atoms with E-state index in [1.165, 1.54) is 0 Å². The molecule has 1 unspecified atom stereocenters. The van der Waals surface area contributed by atoms with Crippen LogP contribution in [0.1, 0.15) is 51.4 Å². The van der Waals surface area contributed by atoms with Crippen molar-refractivity contribution in [3.8, 4) is 10.4 Å². The minimum atomic E-state index is -0.274. The van der Waals surface area contributed by atoms with Crippen molar-refractivity contribution >= 4 is 29.9 Å². The molecule has 154 valence electrons. The topological polar surface area (TPSA) is 88.2 Å². The van der Waals surface area contributed by atoms with E-state index in [0.717, 1.165) is 21.7 Å². The maximum Gasteiger partial charge on any atom is 0.207 e. The molecular formula is C21H31N3O3S. The summed E-state index contributed by atoms with van der Waals surface area (Å²) < 4.78 is 0. The average molecular weight is 406 g/mol. The monoisotopic (exact) mass is 405 g/mol. The van der Waals surface area contributed by atoms with Crippen LogP contribution in [-0.2, 0) is 14.4 Å². The first-order valence-electron chi connectivity index (χ1n) is 9.28. The van der Waals surface area contributed by atoms with Crippen LogP contribution in [0.4, 0.5) is 0 Å². The van der Waals surface area contributed by atoms with E-state index in [1.54, 1.807) is 18.4 Å². The van der Waals surface area contributed by atoms with Crippen LogP contribution in [0.5, 0.6) is 0 Å². The average Bonchev–Trinajstić information content (AvgIpc) is 3.15. The van der Waals surface area contributed by atoms with Gasteiger partial charge in [-0.3, -0.25) is 14.4 Å².